The molecule has 0 heterocycles. The first-order valence-corrected chi connectivity index (χ1v) is 11.5. The lowest BCUT2D eigenvalue weighted by molar-refractivity contribution is -0.385. The van der Waals surface area contributed by atoms with Gasteiger partial charge in [-0.15, -0.1) is 0 Å². The average molecular weight is 524 g/mol. The Morgan fingerprint density at radius 1 is 0.973 bits per heavy atom. The molecule has 14 heteroatoms. The molecule has 0 unspecified atom stereocenters. The zero-order valence-corrected chi connectivity index (χ0v) is 19.7. The predicted octanol–water partition coefficient (Wildman–Crippen LogP) is 3.82. The lowest BCUT2D eigenvalue weighted by atomic mass is 10.1. The zero-order valence-electron chi connectivity index (χ0n) is 18.9. The van der Waals surface area contributed by atoms with Gasteiger partial charge in [-0.25, -0.2) is 0 Å². The van der Waals surface area contributed by atoms with E-state index in [1.54, 1.807) is 6.07 Å². The fourth-order valence-electron chi connectivity index (χ4n) is 2.94. The monoisotopic (exact) mass is 524 g/mol. The Morgan fingerprint density at radius 3 is 2.11 bits per heavy atom. The standard InChI is InChI=1S/C23H16N4O9S/c1-35-22-11-6-18(27(31)32)13-21(22)25-23(28)16(14-24)12-15-2-7-19(8-3-15)36-37(33,34)20-9-4-17(5-10-20)26(29)30/h2-13H,1H3,(H,25,28)/b16-12+. The molecule has 0 atom stereocenters. The molecule has 0 saturated carbocycles. The highest BCUT2D eigenvalue weighted by molar-refractivity contribution is 7.87. The lowest BCUT2D eigenvalue weighted by Crippen LogP contribution is -2.14. The minimum Gasteiger partial charge on any atom is -0.495 e. The maximum Gasteiger partial charge on any atom is 0.339 e. The van der Waals surface area contributed by atoms with Crippen LogP contribution in [0.15, 0.2) is 77.2 Å². The molecule has 0 bridgehead atoms. The van der Waals surface area contributed by atoms with Crippen LogP contribution in [0.25, 0.3) is 6.08 Å². The highest BCUT2D eigenvalue weighted by atomic mass is 32.2. The fourth-order valence-corrected chi connectivity index (χ4v) is 3.87. The second-order valence-corrected chi connectivity index (χ2v) is 8.67. The first kappa shape index (κ1) is 26.3. The number of carbonyl (C=O) groups is 1. The van der Waals surface area contributed by atoms with Crippen LogP contribution in [0.1, 0.15) is 5.56 Å². The number of nitriles is 1. The van der Waals surface area contributed by atoms with E-state index in [9.17, 15) is 38.7 Å². The Morgan fingerprint density at radius 2 is 1.57 bits per heavy atom. The molecule has 3 aromatic rings. The maximum absolute atomic E-state index is 12.6. The van der Waals surface area contributed by atoms with Gasteiger partial charge in [0, 0.05) is 24.3 Å². The Hall–Kier alpha value is -5.29. The number of non-ortho nitro benzene ring substituents is 2. The van der Waals surface area contributed by atoms with Gasteiger partial charge in [0.05, 0.1) is 22.6 Å². The highest BCUT2D eigenvalue weighted by Crippen LogP contribution is 2.29. The number of carbonyl (C=O) groups excluding carboxylic acids is 1. The summed E-state index contributed by atoms with van der Waals surface area (Å²) < 4.78 is 34.9. The van der Waals surface area contributed by atoms with Gasteiger partial charge in [-0.2, -0.15) is 13.7 Å². The summed E-state index contributed by atoms with van der Waals surface area (Å²) in [5, 5.41) is 33.6. The lowest BCUT2D eigenvalue weighted by Gasteiger charge is -2.09. The van der Waals surface area contributed by atoms with E-state index in [0.29, 0.717) is 5.56 Å². The molecule has 0 fully saturated rings. The van der Waals surface area contributed by atoms with Crippen LogP contribution in [0.3, 0.4) is 0 Å². The van der Waals surface area contributed by atoms with Crippen molar-refractivity contribution in [3.8, 4) is 17.6 Å². The van der Waals surface area contributed by atoms with Crippen molar-refractivity contribution in [3.05, 3.63) is 98.1 Å². The van der Waals surface area contributed by atoms with Gasteiger partial charge in [-0.3, -0.25) is 25.0 Å². The quantitative estimate of drug-likeness (QED) is 0.141. The van der Waals surface area contributed by atoms with Crippen molar-refractivity contribution in [1.82, 2.24) is 0 Å². The van der Waals surface area contributed by atoms with Crippen LogP contribution in [-0.4, -0.2) is 31.3 Å². The van der Waals surface area contributed by atoms with Gasteiger partial charge in [0.1, 0.15) is 28.0 Å². The summed E-state index contributed by atoms with van der Waals surface area (Å²) in [5.74, 6) is -0.797. The number of rotatable bonds is 9. The number of amides is 1. The molecule has 3 rings (SSSR count). The van der Waals surface area contributed by atoms with Crippen LogP contribution < -0.4 is 14.2 Å². The third kappa shape index (κ3) is 6.44. The molecular weight excluding hydrogens is 508 g/mol. The second-order valence-electron chi connectivity index (χ2n) is 7.12. The number of anilines is 1. The number of hydrogen-bond donors (Lipinski definition) is 1. The van der Waals surface area contributed by atoms with Crippen molar-refractivity contribution in [2.45, 2.75) is 4.90 Å². The molecule has 0 aliphatic heterocycles. The van der Waals surface area contributed by atoms with E-state index in [-0.39, 0.29) is 39.0 Å². The number of benzene rings is 3. The smallest absolute Gasteiger partial charge is 0.339 e. The SMILES string of the molecule is COc1ccc([N+](=O)[O-])cc1NC(=O)/C(C#N)=C/c1ccc(OS(=O)(=O)c2ccc([N+](=O)[O-])cc2)cc1. The van der Waals surface area contributed by atoms with Crippen LogP contribution in [0.2, 0.25) is 0 Å². The number of nitro groups is 2. The molecule has 13 nitrogen and oxygen atoms in total. The topological polar surface area (TPSA) is 192 Å². The summed E-state index contributed by atoms with van der Waals surface area (Å²) in [6.45, 7) is 0. The number of nitrogens with one attached hydrogen (secondary N) is 1. The number of nitro benzene ring substituents is 2. The average Bonchev–Trinajstić information content (AvgIpc) is 2.87. The van der Waals surface area contributed by atoms with Crippen molar-refractivity contribution < 1.29 is 32.0 Å². The minimum absolute atomic E-state index is 0.0111. The van der Waals surface area contributed by atoms with E-state index in [1.165, 1.54) is 49.6 Å². The van der Waals surface area contributed by atoms with E-state index in [1.807, 2.05) is 0 Å². The van der Waals surface area contributed by atoms with Crippen LogP contribution >= 0.6 is 0 Å². The van der Waals surface area contributed by atoms with Crippen molar-refractivity contribution >= 4 is 39.2 Å². The Bertz CT molecular complexity index is 1540. The number of hydrogen-bond acceptors (Lipinski definition) is 10. The predicted molar refractivity (Wildman–Crippen MR) is 129 cm³/mol. The van der Waals surface area contributed by atoms with Crippen LogP contribution in [0, 0.1) is 31.6 Å². The summed E-state index contributed by atoms with van der Waals surface area (Å²) >= 11 is 0. The second kappa shape index (κ2) is 11.0. The van der Waals surface area contributed by atoms with Crippen molar-refractivity contribution in [3.63, 3.8) is 0 Å². The molecule has 0 aliphatic rings. The molecule has 0 aliphatic carbocycles. The third-order valence-electron chi connectivity index (χ3n) is 4.74. The molecule has 3 aromatic carbocycles. The van der Waals surface area contributed by atoms with E-state index < -0.39 is 25.9 Å². The molecule has 1 amide bonds. The molecular formula is C23H16N4O9S. The number of methoxy groups -OCH3 is 1. The molecule has 188 valence electrons. The normalized spacial score (nSPS) is 11.2. The highest BCUT2D eigenvalue weighted by Gasteiger charge is 2.19. The number of ether oxygens (including phenoxy) is 1. The van der Waals surface area contributed by atoms with Gasteiger partial charge < -0.3 is 14.2 Å². The first-order chi connectivity index (χ1) is 17.5. The third-order valence-corrected chi connectivity index (χ3v) is 6.00. The molecule has 0 radical (unpaired) electrons. The molecule has 0 saturated heterocycles. The Balaban J connectivity index is 1.77. The van der Waals surface area contributed by atoms with Gasteiger partial charge in [-0.1, -0.05) is 12.1 Å². The summed E-state index contributed by atoms with van der Waals surface area (Å²) in [4.78, 5) is 32.7. The van der Waals surface area contributed by atoms with Crippen molar-refractivity contribution in [2.75, 3.05) is 12.4 Å². The Kier molecular flexibility index (Phi) is 7.80. The summed E-state index contributed by atoms with van der Waals surface area (Å²) in [7, 11) is -2.97. The largest absolute Gasteiger partial charge is 0.495 e. The first-order valence-electron chi connectivity index (χ1n) is 10.1. The van der Waals surface area contributed by atoms with Crippen molar-refractivity contribution in [1.29, 1.82) is 5.26 Å². The van der Waals surface area contributed by atoms with Crippen molar-refractivity contribution in [2.24, 2.45) is 0 Å². The van der Waals surface area contributed by atoms with E-state index in [0.717, 1.165) is 30.3 Å². The summed E-state index contributed by atoms with van der Waals surface area (Å²) in [6, 6.07) is 14.8. The van der Waals surface area contributed by atoms with Gasteiger partial charge >= 0.3 is 10.1 Å². The van der Waals surface area contributed by atoms with E-state index in [2.05, 4.69) is 5.32 Å². The van der Waals surface area contributed by atoms with E-state index >= 15 is 0 Å². The van der Waals surface area contributed by atoms with Gasteiger partial charge in [0.25, 0.3) is 17.3 Å². The summed E-state index contributed by atoms with van der Waals surface area (Å²) in [6.07, 6.45) is 1.22. The van der Waals surface area contributed by atoms with Gasteiger partial charge in [0.15, 0.2) is 0 Å². The fraction of sp³-hybridized carbons (Fsp3) is 0.0435. The molecule has 0 aromatic heterocycles. The maximum atomic E-state index is 12.6. The number of nitrogens with zero attached hydrogens (tertiary/aromatic N) is 3. The molecule has 0 spiro atoms. The van der Waals surface area contributed by atoms with Crippen LogP contribution in [-0.2, 0) is 14.9 Å². The molecule has 37 heavy (non-hydrogen) atoms. The Labute approximate surface area is 209 Å². The van der Waals surface area contributed by atoms with Crippen LogP contribution in [0.5, 0.6) is 11.5 Å². The molecule has 1 N–H and O–H groups in total. The van der Waals surface area contributed by atoms with Gasteiger partial charge in [-0.05, 0) is 42.0 Å². The minimum atomic E-state index is -4.27. The van der Waals surface area contributed by atoms with E-state index in [4.69, 9.17) is 8.92 Å². The zero-order chi connectivity index (χ0) is 27.2. The van der Waals surface area contributed by atoms with Gasteiger partial charge in [0.2, 0.25) is 0 Å². The van der Waals surface area contributed by atoms with Crippen LogP contribution in [0.4, 0.5) is 17.1 Å². The summed E-state index contributed by atoms with van der Waals surface area (Å²) in [5.41, 5.74) is -0.587.